The molecule has 1 N–H and O–H groups in total. The summed E-state index contributed by atoms with van der Waals surface area (Å²) >= 11 is 1.93. The lowest BCUT2D eigenvalue weighted by atomic mass is 10.1. The van der Waals surface area contributed by atoms with Gasteiger partial charge in [0.15, 0.2) is 11.5 Å². The van der Waals surface area contributed by atoms with Gasteiger partial charge in [-0.3, -0.25) is 0 Å². The van der Waals surface area contributed by atoms with Crippen molar-refractivity contribution in [3.63, 3.8) is 0 Å². The molecule has 0 saturated heterocycles. The maximum atomic E-state index is 12.1. The Bertz CT molecular complexity index is 738. The van der Waals surface area contributed by atoms with Crippen molar-refractivity contribution in [2.24, 2.45) is 0 Å². The number of benzene rings is 2. The molecule has 1 aliphatic rings. The van der Waals surface area contributed by atoms with Gasteiger partial charge in [0, 0.05) is 3.57 Å². The molecule has 0 spiro atoms. The lowest BCUT2D eigenvalue weighted by molar-refractivity contribution is 0.0645. The summed E-state index contributed by atoms with van der Waals surface area (Å²) in [7, 11) is 0. The van der Waals surface area contributed by atoms with Crippen molar-refractivity contribution in [3.05, 3.63) is 51.1 Å². The number of phenols is 1. The Morgan fingerprint density at radius 2 is 1.55 bits per heavy atom. The summed E-state index contributed by atoms with van der Waals surface area (Å²) in [5, 5.41) is 9.88. The Kier molecular flexibility index (Phi) is 3.09. The van der Waals surface area contributed by atoms with E-state index in [1.165, 1.54) is 24.3 Å². The predicted octanol–water partition coefficient (Wildman–Crippen LogP) is 2.75. The summed E-state index contributed by atoms with van der Waals surface area (Å²) in [6.45, 7) is 0. The van der Waals surface area contributed by atoms with E-state index in [0.717, 1.165) is 0 Å². The van der Waals surface area contributed by atoms with Crippen LogP contribution in [0, 0.1) is 3.57 Å². The summed E-state index contributed by atoms with van der Waals surface area (Å²) in [5.41, 5.74) is -0.209. The zero-order valence-electron chi connectivity index (χ0n) is 9.92. The van der Waals surface area contributed by atoms with E-state index >= 15 is 0 Å². The number of rotatable bonds is 0. The van der Waals surface area contributed by atoms with E-state index in [4.69, 9.17) is 9.47 Å². The summed E-state index contributed by atoms with van der Waals surface area (Å²) < 4.78 is 11.0. The lowest BCUT2D eigenvalue weighted by Gasteiger charge is -2.16. The summed E-state index contributed by atoms with van der Waals surface area (Å²) in [6.07, 6.45) is 0. The molecule has 0 atom stereocenters. The SMILES string of the molecule is O=C1Oc2ccccc2OC(=O)c2c(O)cc(I)cc21. The molecule has 1 aliphatic heterocycles. The second-order valence-corrected chi connectivity index (χ2v) is 5.32. The van der Waals surface area contributed by atoms with Crippen molar-refractivity contribution >= 4 is 34.5 Å². The average molecular weight is 382 g/mol. The third-order valence-corrected chi connectivity index (χ3v) is 3.38. The first kappa shape index (κ1) is 12.9. The van der Waals surface area contributed by atoms with Gasteiger partial charge in [0.1, 0.15) is 11.3 Å². The summed E-state index contributed by atoms with van der Waals surface area (Å²) in [5.74, 6) is -1.52. The molecular weight excluding hydrogens is 375 g/mol. The van der Waals surface area contributed by atoms with Crippen LogP contribution in [0.15, 0.2) is 36.4 Å². The highest BCUT2D eigenvalue weighted by atomic mass is 127. The van der Waals surface area contributed by atoms with Gasteiger partial charge in [0.25, 0.3) is 0 Å². The van der Waals surface area contributed by atoms with E-state index < -0.39 is 11.9 Å². The number of halogens is 1. The standard InChI is InChI=1S/C14H7IO5/c15-7-5-8-12(9(16)6-7)14(18)20-11-4-2-1-3-10(11)19-13(8)17/h1-6,16H. The van der Waals surface area contributed by atoms with Crippen molar-refractivity contribution < 1.29 is 24.2 Å². The van der Waals surface area contributed by atoms with Crippen LogP contribution in [-0.4, -0.2) is 17.0 Å². The fourth-order valence-electron chi connectivity index (χ4n) is 1.89. The molecule has 0 aliphatic carbocycles. The van der Waals surface area contributed by atoms with Crippen LogP contribution >= 0.6 is 22.6 Å². The van der Waals surface area contributed by atoms with Crippen molar-refractivity contribution in [1.82, 2.24) is 0 Å². The highest BCUT2D eigenvalue weighted by molar-refractivity contribution is 14.1. The quantitative estimate of drug-likeness (QED) is 0.431. The predicted molar refractivity (Wildman–Crippen MR) is 77.2 cm³/mol. The molecule has 0 amide bonds. The number of carbonyl (C=O) groups excluding carboxylic acids is 2. The van der Waals surface area contributed by atoms with Crippen LogP contribution in [0.2, 0.25) is 0 Å². The summed E-state index contributed by atoms with van der Waals surface area (Å²) in [6, 6.07) is 9.19. The number of aromatic hydroxyl groups is 1. The molecule has 0 unspecified atom stereocenters. The molecule has 5 nitrogen and oxygen atoms in total. The number of hydrogen-bond donors (Lipinski definition) is 1. The molecule has 3 rings (SSSR count). The molecule has 6 heteroatoms. The first-order chi connectivity index (χ1) is 9.56. The Hall–Kier alpha value is -2.09. The minimum Gasteiger partial charge on any atom is -0.507 e. The zero-order valence-corrected chi connectivity index (χ0v) is 12.1. The van der Waals surface area contributed by atoms with Crippen LogP contribution in [0.25, 0.3) is 0 Å². The Morgan fingerprint density at radius 3 is 2.20 bits per heavy atom. The van der Waals surface area contributed by atoms with Crippen LogP contribution < -0.4 is 9.47 Å². The number of phenolic OH excluding ortho intramolecular Hbond substituents is 1. The number of esters is 2. The summed E-state index contributed by atoms with van der Waals surface area (Å²) in [4.78, 5) is 24.2. The molecule has 0 aromatic heterocycles. The maximum Gasteiger partial charge on any atom is 0.348 e. The fraction of sp³-hybridized carbons (Fsp3) is 0. The molecule has 20 heavy (non-hydrogen) atoms. The Labute approximate surface area is 127 Å². The van der Waals surface area contributed by atoms with E-state index in [2.05, 4.69) is 0 Å². The fourth-order valence-corrected chi connectivity index (χ4v) is 2.50. The number of carbonyl (C=O) groups is 2. The topological polar surface area (TPSA) is 72.8 Å². The van der Waals surface area contributed by atoms with Crippen LogP contribution in [0.3, 0.4) is 0 Å². The van der Waals surface area contributed by atoms with Gasteiger partial charge in [-0.05, 0) is 46.9 Å². The molecule has 100 valence electrons. The minimum absolute atomic E-state index is 0.0195. The van der Waals surface area contributed by atoms with Gasteiger partial charge in [-0.1, -0.05) is 12.1 Å². The lowest BCUT2D eigenvalue weighted by Crippen LogP contribution is -2.21. The second kappa shape index (κ2) is 4.78. The second-order valence-electron chi connectivity index (χ2n) is 4.07. The number of ether oxygens (including phenoxy) is 2. The van der Waals surface area contributed by atoms with Gasteiger partial charge in [-0.15, -0.1) is 0 Å². The Balaban J connectivity index is 2.21. The molecule has 0 fully saturated rings. The highest BCUT2D eigenvalue weighted by Crippen LogP contribution is 2.34. The van der Waals surface area contributed by atoms with Gasteiger partial charge in [0.05, 0.1) is 5.56 Å². The molecule has 0 saturated carbocycles. The van der Waals surface area contributed by atoms with Crippen molar-refractivity contribution in [3.8, 4) is 17.2 Å². The third kappa shape index (κ3) is 2.11. The first-order valence-electron chi connectivity index (χ1n) is 5.62. The Morgan fingerprint density at radius 1 is 0.950 bits per heavy atom. The van der Waals surface area contributed by atoms with Crippen molar-refractivity contribution in [2.75, 3.05) is 0 Å². The monoisotopic (exact) mass is 382 g/mol. The zero-order chi connectivity index (χ0) is 14.3. The smallest absolute Gasteiger partial charge is 0.348 e. The highest BCUT2D eigenvalue weighted by Gasteiger charge is 2.29. The normalized spacial score (nSPS) is 13.4. The molecule has 2 aromatic rings. The van der Waals surface area contributed by atoms with E-state index in [1.807, 2.05) is 22.6 Å². The minimum atomic E-state index is -0.794. The van der Waals surface area contributed by atoms with Crippen LogP contribution in [0.1, 0.15) is 20.7 Å². The molecule has 2 aromatic carbocycles. The van der Waals surface area contributed by atoms with E-state index in [-0.39, 0.29) is 28.4 Å². The van der Waals surface area contributed by atoms with Crippen molar-refractivity contribution in [2.45, 2.75) is 0 Å². The largest absolute Gasteiger partial charge is 0.507 e. The van der Waals surface area contributed by atoms with E-state index in [9.17, 15) is 14.7 Å². The van der Waals surface area contributed by atoms with Gasteiger partial charge < -0.3 is 14.6 Å². The van der Waals surface area contributed by atoms with Crippen molar-refractivity contribution in [1.29, 1.82) is 0 Å². The molecular formula is C14H7IO5. The third-order valence-electron chi connectivity index (χ3n) is 2.76. The van der Waals surface area contributed by atoms with Crippen LogP contribution in [-0.2, 0) is 0 Å². The van der Waals surface area contributed by atoms with E-state index in [1.54, 1.807) is 12.1 Å². The number of fused-ring (bicyclic) bond motifs is 2. The van der Waals surface area contributed by atoms with Gasteiger partial charge in [-0.25, -0.2) is 9.59 Å². The van der Waals surface area contributed by atoms with Gasteiger partial charge in [0.2, 0.25) is 0 Å². The molecule has 0 bridgehead atoms. The van der Waals surface area contributed by atoms with Crippen LogP contribution in [0.5, 0.6) is 17.2 Å². The van der Waals surface area contributed by atoms with Gasteiger partial charge in [-0.2, -0.15) is 0 Å². The first-order valence-corrected chi connectivity index (χ1v) is 6.70. The van der Waals surface area contributed by atoms with Crippen LogP contribution in [0.4, 0.5) is 0 Å². The molecule has 1 heterocycles. The maximum absolute atomic E-state index is 12.1. The molecule has 0 radical (unpaired) electrons. The average Bonchev–Trinajstić information content (AvgIpc) is 2.38. The number of hydrogen-bond acceptors (Lipinski definition) is 5. The van der Waals surface area contributed by atoms with Gasteiger partial charge >= 0.3 is 11.9 Å². The number of para-hydroxylation sites is 2. The van der Waals surface area contributed by atoms with E-state index in [0.29, 0.717) is 3.57 Å².